The zero-order chi connectivity index (χ0) is 10.4. The van der Waals surface area contributed by atoms with Gasteiger partial charge in [0.25, 0.3) is 0 Å². The van der Waals surface area contributed by atoms with Crippen molar-refractivity contribution in [3.05, 3.63) is 0 Å². The monoisotopic (exact) mass is 201 g/mol. The van der Waals surface area contributed by atoms with Gasteiger partial charge in [-0.1, -0.05) is 6.92 Å². The average molecular weight is 201 g/mol. The van der Waals surface area contributed by atoms with Crippen LogP contribution in [0.15, 0.2) is 0 Å². The maximum Gasteiger partial charge on any atom is 0.0614 e. The minimum atomic E-state index is -0.146. The molecule has 0 aliphatic carbocycles. The minimum absolute atomic E-state index is 0.146. The molecule has 0 bridgehead atoms. The second-order valence-electron chi connectivity index (χ2n) is 4.26. The molecule has 1 heterocycles. The molecule has 0 radical (unpaired) electrons. The molecule has 0 aromatic rings. The van der Waals surface area contributed by atoms with Gasteiger partial charge in [0.2, 0.25) is 0 Å². The maximum atomic E-state index is 9.47. The van der Waals surface area contributed by atoms with Gasteiger partial charge in [-0.15, -0.1) is 0 Å². The van der Waals surface area contributed by atoms with Crippen LogP contribution in [0.4, 0.5) is 0 Å². The first-order valence-electron chi connectivity index (χ1n) is 5.75. The Morgan fingerprint density at radius 1 is 1.57 bits per heavy atom. The summed E-state index contributed by atoms with van der Waals surface area (Å²) >= 11 is 0. The van der Waals surface area contributed by atoms with E-state index in [0.29, 0.717) is 12.6 Å². The van der Waals surface area contributed by atoms with Gasteiger partial charge in [-0.3, -0.25) is 0 Å². The molecular formula is C11H23NO2. The highest BCUT2D eigenvalue weighted by atomic mass is 16.5. The minimum Gasteiger partial charge on any atom is -0.393 e. The molecule has 0 spiro atoms. The Bertz CT molecular complexity index is 152. The quantitative estimate of drug-likeness (QED) is 0.704. The van der Waals surface area contributed by atoms with Crippen LogP contribution < -0.4 is 5.32 Å². The fourth-order valence-electron chi connectivity index (χ4n) is 1.89. The molecule has 14 heavy (non-hydrogen) atoms. The average Bonchev–Trinajstić information content (AvgIpc) is 2.15. The smallest absolute Gasteiger partial charge is 0.0614 e. The van der Waals surface area contributed by atoms with Crippen LogP contribution >= 0.6 is 0 Å². The number of hydrogen-bond donors (Lipinski definition) is 2. The molecule has 0 aromatic heterocycles. The summed E-state index contributed by atoms with van der Waals surface area (Å²) in [5.74, 6) is 0. The van der Waals surface area contributed by atoms with Crippen molar-refractivity contribution in [2.75, 3.05) is 13.2 Å². The SMILES string of the molecule is CCCNC(C)CC1CC(O)CCO1. The molecule has 1 aliphatic heterocycles. The molecule has 0 amide bonds. The van der Waals surface area contributed by atoms with Crippen molar-refractivity contribution < 1.29 is 9.84 Å². The molecule has 2 N–H and O–H groups in total. The highest BCUT2D eigenvalue weighted by Crippen LogP contribution is 2.17. The number of aliphatic hydroxyl groups is 1. The van der Waals surface area contributed by atoms with Gasteiger partial charge >= 0.3 is 0 Å². The van der Waals surface area contributed by atoms with E-state index in [1.165, 1.54) is 6.42 Å². The van der Waals surface area contributed by atoms with E-state index in [2.05, 4.69) is 19.2 Å². The van der Waals surface area contributed by atoms with Crippen LogP contribution in [0.25, 0.3) is 0 Å². The highest BCUT2D eigenvalue weighted by molar-refractivity contribution is 4.74. The van der Waals surface area contributed by atoms with Gasteiger partial charge in [0.1, 0.15) is 0 Å². The zero-order valence-electron chi connectivity index (χ0n) is 9.33. The fourth-order valence-corrected chi connectivity index (χ4v) is 1.89. The standard InChI is InChI=1S/C11H23NO2/c1-3-5-12-9(2)7-11-8-10(13)4-6-14-11/h9-13H,3-8H2,1-2H3. The first-order valence-corrected chi connectivity index (χ1v) is 5.75. The van der Waals surface area contributed by atoms with Crippen LogP contribution in [0, 0.1) is 0 Å². The van der Waals surface area contributed by atoms with E-state index in [-0.39, 0.29) is 12.2 Å². The van der Waals surface area contributed by atoms with E-state index in [4.69, 9.17) is 4.74 Å². The van der Waals surface area contributed by atoms with E-state index in [1.807, 2.05) is 0 Å². The summed E-state index contributed by atoms with van der Waals surface area (Å²) in [4.78, 5) is 0. The van der Waals surface area contributed by atoms with Crippen molar-refractivity contribution in [1.29, 1.82) is 0 Å². The normalized spacial score (nSPS) is 30.2. The summed E-state index contributed by atoms with van der Waals surface area (Å²) < 4.78 is 5.60. The molecule has 1 rings (SSSR count). The number of nitrogens with one attached hydrogen (secondary N) is 1. The first kappa shape index (κ1) is 12.0. The van der Waals surface area contributed by atoms with Crippen LogP contribution in [-0.2, 0) is 4.74 Å². The molecule has 3 unspecified atom stereocenters. The fraction of sp³-hybridized carbons (Fsp3) is 1.00. The summed E-state index contributed by atoms with van der Waals surface area (Å²) in [7, 11) is 0. The van der Waals surface area contributed by atoms with E-state index in [1.54, 1.807) is 0 Å². The molecular weight excluding hydrogens is 178 g/mol. The summed E-state index contributed by atoms with van der Waals surface area (Å²) in [6.07, 6.45) is 3.88. The van der Waals surface area contributed by atoms with Crippen LogP contribution in [0.1, 0.15) is 39.5 Å². The predicted molar refractivity (Wildman–Crippen MR) is 57.4 cm³/mol. The van der Waals surface area contributed by atoms with Gasteiger partial charge in [0.05, 0.1) is 12.2 Å². The van der Waals surface area contributed by atoms with Crippen LogP contribution in [-0.4, -0.2) is 36.5 Å². The van der Waals surface area contributed by atoms with Crippen molar-refractivity contribution in [1.82, 2.24) is 5.32 Å². The predicted octanol–water partition coefficient (Wildman–Crippen LogP) is 1.30. The Labute approximate surface area is 86.8 Å². The summed E-state index contributed by atoms with van der Waals surface area (Å²) in [5.41, 5.74) is 0. The molecule has 0 saturated carbocycles. The summed E-state index contributed by atoms with van der Waals surface area (Å²) in [5, 5.41) is 12.9. The van der Waals surface area contributed by atoms with E-state index >= 15 is 0 Å². The summed E-state index contributed by atoms with van der Waals surface area (Å²) in [6.45, 7) is 6.13. The van der Waals surface area contributed by atoms with Crippen molar-refractivity contribution in [3.63, 3.8) is 0 Å². The largest absolute Gasteiger partial charge is 0.393 e. The van der Waals surface area contributed by atoms with E-state index in [9.17, 15) is 5.11 Å². The molecule has 1 fully saturated rings. The maximum absolute atomic E-state index is 9.47. The van der Waals surface area contributed by atoms with Gasteiger partial charge in [-0.25, -0.2) is 0 Å². The molecule has 3 atom stereocenters. The van der Waals surface area contributed by atoms with Crippen molar-refractivity contribution in [2.45, 2.75) is 57.8 Å². The van der Waals surface area contributed by atoms with Gasteiger partial charge in [-0.05, 0) is 39.2 Å². The van der Waals surface area contributed by atoms with Crippen molar-refractivity contribution in [3.8, 4) is 0 Å². The van der Waals surface area contributed by atoms with Crippen molar-refractivity contribution in [2.24, 2.45) is 0 Å². The van der Waals surface area contributed by atoms with E-state index < -0.39 is 0 Å². The lowest BCUT2D eigenvalue weighted by atomic mass is 10.0. The third-order valence-corrected chi connectivity index (χ3v) is 2.70. The lowest BCUT2D eigenvalue weighted by Crippen LogP contribution is -2.36. The highest BCUT2D eigenvalue weighted by Gasteiger charge is 2.22. The van der Waals surface area contributed by atoms with E-state index in [0.717, 1.165) is 25.8 Å². The topological polar surface area (TPSA) is 41.5 Å². The molecule has 1 saturated heterocycles. The molecule has 84 valence electrons. The van der Waals surface area contributed by atoms with Gasteiger partial charge in [0, 0.05) is 12.6 Å². The second-order valence-corrected chi connectivity index (χ2v) is 4.26. The lowest BCUT2D eigenvalue weighted by molar-refractivity contribution is -0.0491. The lowest BCUT2D eigenvalue weighted by Gasteiger charge is -2.28. The third kappa shape index (κ3) is 4.40. The Hall–Kier alpha value is -0.120. The van der Waals surface area contributed by atoms with Gasteiger partial charge in [0.15, 0.2) is 0 Å². The zero-order valence-corrected chi connectivity index (χ0v) is 9.33. The van der Waals surface area contributed by atoms with Crippen LogP contribution in [0.5, 0.6) is 0 Å². The molecule has 3 heteroatoms. The van der Waals surface area contributed by atoms with Crippen molar-refractivity contribution >= 4 is 0 Å². The Balaban J connectivity index is 2.15. The van der Waals surface area contributed by atoms with Crippen LogP contribution in [0.2, 0.25) is 0 Å². The number of hydrogen-bond acceptors (Lipinski definition) is 3. The second kappa shape index (κ2) is 6.38. The summed E-state index contributed by atoms with van der Waals surface area (Å²) in [6, 6.07) is 0.491. The number of ether oxygens (including phenoxy) is 1. The molecule has 3 nitrogen and oxygen atoms in total. The first-order chi connectivity index (χ1) is 6.72. The third-order valence-electron chi connectivity index (χ3n) is 2.70. The molecule has 1 aliphatic rings. The number of rotatable bonds is 5. The Kier molecular flexibility index (Phi) is 5.45. The Morgan fingerprint density at radius 2 is 2.36 bits per heavy atom. The Morgan fingerprint density at radius 3 is 3.00 bits per heavy atom. The van der Waals surface area contributed by atoms with Crippen LogP contribution in [0.3, 0.4) is 0 Å². The van der Waals surface area contributed by atoms with Gasteiger partial charge in [-0.2, -0.15) is 0 Å². The molecule has 0 aromatic carbocycles. The van der Waals surface area contributed by atoms with Gasteiger partial charge < -0.3 is 15.2 Å². The number of aliphatic hydroxyl groups excluding tert-OH is 1.